The Hall–Kier alpha value is -0.570. The van der Waals surface area contributed by atoms with Crippen LogP contribution in [0.3, 0.4) is 0 Å². The summed E-state index contributed by atoms with van der Waals surface area (Å²) in [6, 6.07) is 7.72. The fourth-order valence-electron chi connectivity index (χ4n) is 3.06. The first-order valence-corrected chi connectivity index (χ1v) is 7.52. The van der Waals surface area contributed by atoms with Crippen LogP contribution in [-0.4, -0.2) is 23.9 Å². The molecule has 2 rings (SSSR count). The molecule has 1 aromatic rings. The van der Waals surface area contributed by atoms with E-state index in [0.29, 0.717) is 6.42 Å². The van der Waals surface area contributed by atoms with Crippen LogP contribution in [0.25, 0.3) is 0 Å². The summed E-state index contributed by atoms with van der Waals surface area (Å²) in [6.07, 6.45) is 6.70. The van der Waals surface area contributed by atoms with Gasteiger partial charge in [-0.05, 0) is 24.5 Å². The molecule has 1 atom stereocenters. The Balaban J connectivity index is 2.12. The maximum atomic E-state index is 10.6. The fourth-order valence-corrected chi connectivity index (χ4v) is 3.27. The van der Waals surface area contributed by atoms with Gasteiger partial charge in [-0.2, -0.15) is 0 Å². The van der Waals surface area contributed by atoms with E-state index in [2.05, 4.69) is 0 Å². The second kappa shape index (κ2) is 6.74. The van der Waals surface area contributed by atoms with E-state index < -0.39 is 11.7 Å². The minimum Gasteiger partial charge on any atom is -0.390 e. The minimum atomic E-state index is -0.490. The molecule has 0 heterocycles. The zero-order chi connectivity index (χ0) is 13.7. The molecule has 1 fully saturated rings. The van der Waals surface area contributed by atoms with E-state index in [1.165, 1.54) is 12.8 Å². The Kier molecular flexibility index (Phi) is 5.26. The number of ether oxygens (including phenoxy) is 1. The van der Waals surface area contributed by atoms with E-state index in [0.717, 1.165) is 36.3 Å². The number of hydrogen-bond donors (Lipinski definition) is 1. The van der Waals surface area contributed by atoms with E-state index >= 15 is 0 Å². The number of benzene rings is 1. The Morgan fingerprint density at radius 1 is 1.21 bits per heavy atom. The normalized spacial score (nSPS) is 20.8. The van der Waals surface area contributed by atoms with Crippen molar-refractivity contribution >= 4 is 11.6 Å². The van der Waals surface area contributed by atoms with Crippen LogP contribution >= 0.6 is 11.6 Å². The summed E-state index contributed by atoms with van der Waals surface area (Å²) < 4.78 is 5.74. The van der Waals surface area contributed by atoms with Gasteiger partial charge in [0.2, 0.25) is 0 Å². The quantitative estimate of drug-likeness (QED) is 0.847. The molecule has 1 aliphatic carbocycles. The summed E-state index contributed by atoms with van der Waals surface area (Å²) in [5.41, 5.74) is 0.604. The first kappa shape index (κ1) is 14.8. The van der Waals surface area contributed by atoms with Gasteiger partial charge in [-0.25, -0.2) is 0 Å². The number of aliphatic hydroxyl groups is 1. The van der Waals surface area contributed by atoms with Crippen LogP contribution < -0.4 is 0 Å². The van der Waals surface area contributed by atoms with Crippen LogP contribution in [-0.2, 0) is 11.2 Å². The lowest BCUT2D eigenvalue weighted by molar-refractivity contribution is -0.111. The van der Waals surface area contributed by atoms with Gasteiger partial charge in [-0.3, -0.25) is 0 Å². The number of rotatable bonds is 4. The van der Waals surface area contributed by atoms with Gasteiger partial charge < -0.3 is 9.84 Å². The number of hydrogen-bond acceptors (Lipinski definition) is 2. The van der Waals surface area contributed by atoms with Crippen LogP contribution in [0.4, 0.5) is 0 Å². The van der Waals surface area contributed by atoms with Crippen LogP contribution in [0, 0.1) is 0 Å². The van der Waals surface area contributed by atoms with E-state index in [1.54, 1.807) is 7.11 Å². The molecule has 19 heavy (non-hydrogen) atoms. The van der Waals surface area contributed by atoms with Gasteiger partial charge in [0.25, 0.3) is 0 Å². The predicted molar refractivity (Wildman–Crippen MR) is 78.6 cm³/mol. The molecule has 0 radical (unpaired) electrons. The Bertz CT molecular complexity index is 397. The lowest BCUT2D eigenvalue weighted by atomic mass is 9.85. The van der Waals surface area contributed by atoms with Crippen LogP contribution in [0.1, 0.15) is 44.1 Å². The van der Waals surface area contributed by atoms with Crippen LogP contribution in [0.5, 0.6) is 0 Å². The molecule has 0 aliphatic heterocycles. The number of aliphatic hydroxyl groups excluding tert-OH is 1. The number of halogens is 1. The molecule has 3 heteroatoms. The summed E-state index contributed by atoms with van der Waals surface area (Å²) in [7, 11) is 1.72. The molecular formula is C16H23ClO2. The maximum Gasteiger partial charge on any atom is 0.0939 e. The molecule has 1 unspecified atom stereocenters. The topological polar surface area (TPSA) is 29.5 Å². The lowest BCUT2D eigenvalue weighted by Gasteiger charge is -2.36. The van der Waals surface area contributed by atoms with Gasteiger partial charge in [0.05, 0.1) is 11.7 Å². The summed E-state index contributed by atoms with van der Waals surface area (Å²) in [6.45, 7) is 0. The average Bonchev–Trinajstić information content (AvgIpc) is 2.67. The van der Waals surface area contributed by atoms with Crippen molar-refractivity contribution in [2.24, 2.45) is 0 Å². The van der Waals surface area contributed by atoms with Crippen molar-refractivity contribution < 1.29 is 9.84 Å². The van der Waals surface area contributed by atoms with Gasteiger partial charge in [0.15, 0.2) is 0 Å². The monoisotopic (exact) mass is 282 g/mol. The van der Waals surface area contributed by atoms with Crippen molar-refractivity contribution in [1.82, 2.24) is 0 Å². The minimum absolute atomic E-state index is 0.393. The Morgan fingerprint density at radius 3 is 2.42 bits per heavy atom. The Labute approximate surface area is 120 Å². The third-order valence-corrected chi connectivity index (χ3v) is 4.70. The molecule has 1 aliphatic rings. The summed E-state index contributed by atoms with van der Waals surface area (Å²) >= 11 is 6.18. The molecule has 0 saturated heterocycles. The molecule has 0 amide bonds. The van der Waals surface area contributed by atoms with Crippen LogP contribution in [0.15, 0.2) is 24.3 Å². The molecule has 0 bridgehead atoms. The van der Waals surface area contributed by atoms with Crippen molar-refractivity contribution in [2.75, 3.05) is 7.11 Å². The predicted octanol–water partition coefficient (Wildman–Crippen LogP) is 3.98. The molecule has 0 spiro atoms. The third-order valence-electron chi connectivity index (χ3n) is 4.33. The molecule has 0 aromatic heterocycles. The van der Waals surface area contributed by atoms with Crippen LogP contribution in [0.2, 0.25) is 5.02 Å². The highest BCUT2D eigenvalue weighted by Crippen LogP contribution is 2.35. The van der Waals surface area contributed by atoms with Crippen molar-refractivity contribution in [3.63, 3.8) is 0 Å². The molecule has 1 aromatic carbocycles. The second-order valence-corrected chi connectivity index (χ2v) is 5.90. The van der Waals surface area contributed by atoms with Gasteiger partial charge in [0.1, 0.15) is 0 Å². The molecule has 1 saturated carbocycles. The van der Waals surface area contributed by atoms with Crippen molar-refractivity contribution in [3.05, 3.63) is 34.9 Å². The van der Waals surface area contributed by atoms with Gasteiger partial charge >= 0.3 is 0 Å². The first-order chi connectivity index (χ1) is 9.18. The van der Waals surface area contributed by atoms with E-state index in [4.69, 9.17) is 16.3 Å². The summed E-state index contributed by atoms with van der Waals surface area (Å²) in [5, 5.41) is 11.4. The Morgan fingerprint density at radius 2 is 1.84 bits per heavy atom. The van der Waals surface area contributed by atoms with Crippen molar-refractivity contribution in [1.29, 1.82) is 0 Å². The lowest BCUT2D eigenvalue weighted by Crippen LogP contribution is -2.45. The fraction of sp³-hybridized carbons (Fsp3) is 0.625. The molecule has 2 nitrogen and oxygen atoms in total. The van der Waals surface area contributed by atoms with Gasteiger partial charge in [0, 0.05) is 18.6 Å². The summed E-state index contributed by atoms with van der Waals surface area (Å²) in [4.78, 5) is 0. The van der Waals surface area contributed by atoms with E-state index in [9.17, 15) is 5.11 Å². The third kappa shape index (κ3) is 3.50. The standard InChI is InChI=1S/C16H23ClO2/c1-19-16(10-6-2-3-7-11-16)15(18)12-13-8-4-5-9-14(13)17/h4-5,8-9,15,18H,2-3,6-7,10-12H2,1H3. The average molecular weight is 283 g/mol. The first-order valence-electron chi connectivity index (χ1n) is 7.14. The van der Waals surface area contributed by atoms with E-state index in [-0.39, 0.29) is 0 Å². The highest BCUT2D eigenvalue weighted by atomic mass is 35.5. The van der Waals surface area contributed by atoms with Gasteiger partial charge in [-0.15, -0.1) is 0 Å². The SMILES string of the molecule is COC1(C(O)Cc2ccccc2Cl)CCCCCC1. The van der Waals surface area contributed by atoms with Crippen molar-refractivity contribution in [3.8, 4) is 0 Å². The molecular weight excluding hydrogens is 260 g/mol. The van der Waals surface area contributed by atoms with Crippen molar-refractivity contribution in [2.45, 2.75) is 56.7 Å². The molecule has 106 valence electrons. The highest BCUT2D eigenvalue weighted by molar-refractivity contribution is 6.31. The maximum absolute atomic E-state index is 10.6. The highest BCUT2D eigenvalue weighted by Gasteiger charge is 2.38. The molecule has 1 N–H and O–H groups in total. The zero-order valence-electron chi connectivity index (χ0n) is 11.6. The second-order valence-electron chi connectivity index (χ2n) is 5.49. The van der Waals surface area contributed by atoms with Gasteiger partial charge in [-0.1, -0.05) is 55.5 Å². The zero-order valence-corrected chi connectivity index (χ0v) is 12.3. The largest absolute Gasteiger partial charge is 0.390 e. The number of methoxy groups -OCH3 is 1. The van der Waals surface area contributed by atoms with E-state index in [1.807, 2.05) is 24.3 Å². The smallest absolute Gasteiger partial charge is 0.0939 e. The summed E-state index contributed by atoms with van der Waals surface area (Å²) in [5.74, 6) is 0.